The van der Waals surface area contributed by atoms with Crippen LogP contribution >= 0.6 is 0 Å². The zero-order valence-corrected chi connectivity index (χ0v) is 12.4. The molecule has 2 atom stereocenters. The average molecular weight is 270 g/mol. The summed E-state index contributed by atoms with van der Waals surface area (Å²) in [7, 11) is 0. The summed E-state index contributed by atoms with van der Waals surface area (Å²) in [6, 6.07) is -0.322. The minimum absolute atomic E-state index is 0.145. The van der Waals surface area contributed by atoms with Gasteiger partial charge in [0.05, 0.1) is 6.04 Å². The Morgan fingerprint density at radius 1 is 1.47 bits per heavy atom. The van der Waals surface area contributed by atoms with Gasteiger partial charge in [0, 0.05) is 0 Å². The van der Waals surface area contributed by atoms with Gasteiger partial charge in [0.15, 0.2) is 0 Å². The zero-order valence-electron chi connectivity index (χ0n) is 12.4. The second kappa shape index (κ2) is 5.90. The van der Waals surface area contributed by atoms with E-state index in [0.29, 0.717) is 12.8 Å². The molecule has 19 heavy (non-hydrogen) atoms. The third-order valence-corrected chi connectivity index (χ3v) is 4.01. The van der Waals surface area contributed by atoms with Crippen LogP contribution in [0.3, 0.4) is 0 Å². The molecule has 0 bridgehead atoms. The van der Waals surface area contributed by atoms with Gasteiger partial charge < -0.3 is 15.7 Å². The smallest absolute Gasteiger partial charge is 0.329 e. The molecule has 5 nitrogen and oxygen atoms in total. The van der Waals surface area contributed by atoms with Gasteiger partial charge in [-0.15, -0.1) is 0 Å². The maximum atomic E-state index is 12.4. The maximum Gasteiger partial charge on any atom is 0.329 e. The van der Waals surface area contributed by atoms with Gasteiger partial charge in [-0.25, -0.2) is 4.79 Å². The van der Waals surface area contributed by atoms with Gasteiger partial charge in [-0.3, -0.25) is 4.79 Å². The van der Waals surface area contributed by atoms with Gasteiger partial charge in [-0.2, -0.15) is 0 Å². The maximum absolute atomic E-state index is 12.4. The minimum Gasteiger partial charge on any atom is -0.480 e. The van der Waals surface area contributed by atoms with Crippen molar-refractivity contribution in [1.29, 1.82) is 0 Å². The molecule has 1 saturated heterocycles. The van der Waals surface area contributed by atoms with E-state index >= 15 is 0 Å². The van der Waals surface area contributed by atoms with E-state index in [2.05, 4.69) is 10.6 Å². The fourth-order valence-corrected chi connectivity index (χ4v) is 2.73. The molecule has 0 aliphatic carbocycles. The third kappa shape index (κ3) is 3.69. The first-order valence-corrected chi connectivity index (χ1v) is 7.02. The fourth-order valence-electron chi connectivity index (χ4n) is 2.73. The first kappa shape index (κ1) is 16.0. The van der Waals surface area contributed by atoms with Crippen molar-refractivity contribution in [3.05, 3.63) is 0 Å². The lowest BCUT2D eigenvalue weighted by Crippen LogP contribution is -2.61. The summed E-state index contributed by atoms with van der Waals surface area (Å²) in [4.78, 5) is 23.7. The molecule has 1 heterocycles. The van der Waals surface area contributed by atoms with E-state index in [1.165, 1.54) is 0 Å². The molecule has 0 aromatic carbocycles. The van der Waals surface area contributed by atoms with Gasteiger partial charge in [0.1, 0.15) is 5.54 Å². The van der Waals surface area contributed by atoms with E-state index in [4.69, 9.17) is 0 Å². The quantitative estimate of drug-likeness (QED) is 0.708. The van der Waals surface area contributed by atoms with Crippen molar-refractivity contribution in [3.8, 4) is 0 Å². The van der Waals surface area contributed by atoms with Gasteiger partial charge in [-0.1, -0.05) is 27.2 Å². The number of amides is 1. The van der Waals surface area contributed by atoms with Crippen LogP contribution in [0, 0.1) is 5.41 Å². The highest BCUT2D eigenvalue weighted by molar-refractivity contribution is 5.89. The molecule has 0 aromatic rings. The van der Waals surface area contributed by atoms with Crippen LogP contribution in [0.2, 0.25) is 0 Å². The topological polar surface area (TPSA) is 78.4 Å². The fraction of sp³-hybridized carbons (Fsp3) is 0.857. The van der Waals surface area contributed by atoms with Gasteiger partial charge in [0.25, 0.3) is 0 Å². The van der Waals surface area contributed by atoms with E-state index in [1.807, 2.05) is 20.8 Å². The molecular weight excluding hydrogens is 244 g/mol. The molecule has 0 aromatic heterocycles. The van der Waals surface area contributed by atoms with Crippen molar-refractivity contribution in [2.45, 2.75) is 65.0 Å². The summed E-state index contributed by atoms with van der Waals surface area (Å²) < 4.78 is 0. The van der Waals surface area contributed by atoms with Crippen LogP contribution in [0.1, 0.15) is 53.4 Å². The predicted octanol–water partition coefficient (Wildman–Crippen LogP) is 1.52. The molecule has 1 aliphatic rings. The molecule has 0 spiro atoms. The van der Waals surface area contributed by atoms with Crippen LogP contribution in [0.5, 0.6) is 0 Å². The summed E-state index contributed by atoms with van der Waals surface area (Å²) in [5, 5.41) is 15.2. The second-order valence-corrected chi connectivity index (χ2v) is 6.36. The van der Waals surface area contributed by atoms with Gasteiger partial charge in [-0.05, 0) is 38.1 Å². The highest BCUT2D eigenvalue weighted by Crippen LogP contribution is 2.30. The van der Waals surface area contributed by atoms with E-state index in [-0.39, 0.29) is 17.4 Å². The SMILES string of the molecule is CCCC(C)(NC(=O)C1NCCCC1(C)C)C(=O)O. The minimum atomic E-state index is -1.18. The van der Waals surface area contributed by atoms with Crippen molar-refractivity contribution < 1.29 is 14.7 Å². The lowest BCUT2D eigenvalue weighted by Gasteiger charge is -2.40. The summed E-state index contributed by atoms with van der Waals surface area (Å²) >= 11 is 0. The highest BCUT2D eigenvalue weighted by Gasteiger charge is 2.41. The number of carboxylic acid groups (broad SMARTS) is 1. The Kier molecular flexibility index (Phi) is 4.96. The van der Waals surface area contributed by atoms with Gasteiger partial charge >= 0.3 is 5.97 Å². The summed E-state index contributed by atoms with van der Waals surface area (Å²) in [5.41, 5.74) is -1.32. The Morgan fingerprint density at radius 2 is 2.11 bits per heavy atom. The molecule has 1 amide bonds. The Morgan fingerprint density at radius 3 is 2.58 bits per heavy atom. The number of carbonyl (C=O) groups is 2. The number of hydrogen-bond acceptors (Lipinski definition) is 3. The summed E-state index contributed by atoms with van der Waals surface area (Å²) in [6.45, 7) is 8.38. The second-order valence-electron chi connectivity index (χ2n) is 6.36. The number of nitrogens with one attached hydrogen (secondary N) is 2. The molecule has 3 N–H and O–H groups in total. The van der Waals surface area contributed by atoms with Crippen LogP contribution < -0.4 is 10.6 Å². The number of hydrogen-bond donors (Lipinski definition) is 3. The molecule has 2 unspecified atom stereocenters. The van der Waals surface area contributed by atoms with Crippen molar-refractivity contribution in [2.75, 3.05) is 6.54 Å². The third-order valence-electron chi connectivity index (χ3n) is 4.01. The van der Waals surface area contributed by atoms with Crippen LogP contribution in [0.4, 0.5) is 0 Å². The van der Waals surface area contributed by atoms with Crippen LogP contribution in [-0.4, -0.2) is 35.1 Å². The van der Waals surface area contributed by atoms with E-state index < -0.39 is 11.5 Å². The Labute approximate surface area is 115 Å². The van der Waals surface area contributed by atoms with Crippen molar-refractivity contribution in [2.24, 2.45) is 5.41 Å². The molecule has 5 heteroatoms. The lowest BCUT2D eigenvalue weighted by atomic mass is 9.77. The molecular formula is C14H26N2O3. The average Bonchev–Trinajstić information content (AvgIpc) is 2.28. The number of piperidine rings is 1. The van der Waals surface area contributed by atoms with Crippen molar-refractivity contribution in [3.63, 3.8) is 0 Å². The van der Waals surface area contributed by atoms with E-state index in [9.17, 15) is 14.7 Å². The molecule has 1 rings (SSSR count). The highest BCUT2D eigenvalue weighted by atomic mass is 16.4. The first-order valence-electron chi connectivity index (χ1n) is 7.02. The number of rotatable bonds is 5. The number of aliphatic carboxylic acids is 1. The van der Waals surface area contributed by atoms with Crippen LogP contribution in [0.25, 0.3) is 0 Å². The molecule has 1 aliphatic heterocycles. The van der Waals surface area contributed by atoms with Crippen LogP contribution in [0.15, 0.2) is 0 Å². The standard InChI is InChI=1S/C14H26N2O3/c1-5-7-14(4,12(18)19)16-11(17)10-13(2,3)8-6-9-15-10/h10,15H,5-9H2,1-4H3,(H,16,17)(H,18,19). The summed E-state index contributed by atoms with van der Waals surface area (Å²) in [5.74, 6) is -1.18. The predicted molar refractivity (Wildman–Crippen MR) is 73.9 cm³/mol. The lowest BCUT2D eigenvalue weighted by molar-refractivity contribution is -0.148. The normalized spacial score (nSPS) is 25.4. The molecule has 110 valence electrons. The number of carboxylic acids is 1. The van der Waals surface area contributed by atoms with Crippen molar-refractivity contribution >= 4 is 11.9 Å². The largest absolute Gasteiger partial charge is 0.480 e. The van der Waals surface area contributed by atoms with Crippen LogP contribution in [-0.2, 0) is 9.59 Å². The Bertz CT molecular complexity index is 355. The zero-order chi connectivity index (χ0) is 14.7. The Balaban J connectivity index is 2.79. The molecule has 0 saturated carbocycles. The van der Waals surface area contributed by atoms with E-state index in [1.54, 1.807) is 6.92 Å². The number of carbonyl (C=O) groups excluding carboxylic acids is 1. The first-order chi connectivity index (χ1) is 8.73. The van der Waals surface area contributed by atoms with Gasteiger partial charge in [0.2, 0.25) is 5.91 Å². The molecule has 0 radical (unpaired) electrons. The summed E-state index contributed by atoms with van der Waals surface area (Å²) in [6.07, 6.45) is 3.16. The molecule has 1 fully saturated rings. The monoisotopic (exact) mass is 270 g/mol. The Hall–Kier alpha value is -1.10. The van der Waals surface area contributed by atoms with E-state index in [0.717, 1.165) is 19.4 Å². The van der Waals surface area contributed by atoms with Crippen molar-refractivity contribution in [1.82, 2.24) is 10.6 Å².